The first kappa shape index (κ1) is 19.1. The van der Waals surface area contributed by atoms with Crippen molar-refractivity contribution in [2.75, 3.05) is 11.9 Å². The number of carbonyl (C=O) groups excluding carboxylic acids is 2. The van der Waals surface area contributed by atoms with Gasteiger partial charge in [-0.25, -0.2) is 12.7 Å². The van der Waals surface area contributed by atoms with Crippen molar-refractivity contribution in [1.82, 2.24) is 4.31 Å². The van der Waals surface area contributed by atoms with E-state index in [1.807, 2.05) is 0 Å². The summed E-state index contributed by atoms with van der Waals surface area (Å²) in [6.45, 7) is -3.81. The Balaban J connectivity index is 1.74. The number of alkyl halides is 2. The first-order valence-electron chi connectivity index (χ1n) is 7.40. The molecule has 1 N–H and O–H groups in total. The van der Waals surface area contributed by atoms with E-state index in [-0.39, 0.29) is 26.9 Å². The quantitative estimate of drug-likeness (QED) is 0.809. The summed E-state index contributed by atoms with van der Waals surface area (Å²) in [7, 11) is -4.12. The number of hydrogen-bond acceptors (Lipinski definition) is 5. The number of halogens is 3. The molecule has 0 radical (unpaired) electrons. The van der Waals surface area contributed by atoms with E-state index in [4.69, 9.17) is 11.6 Å². The van der Waals surface area contributed by atoms with Crippen LogP contribution < -0.4 is 10.1 Å². The Bertz CT molecular complexity index is 1030. The van der Waals surface area contributed by atoms with Crippen LogP contribution in [0.25, 0.3) is 0 Å². The van der Waals surface area contributed by atoms with Crippen LogP contribution in [-0.2, 0) is 14.8 Å². The van der Waals surface area contributed by atoms with Gasteiger partial charge in [-0.3, -0.25) is 9.59 Å². The van der Waals surface area contributed by atoms with E-state index in [1.165, 1.54) is 30.3 Å². The molecule has 0 spiro atoms. The largest absolute Gasteiger partial charge is 0.433 e. The molecule has 0 aliphatic carbocycles. The van der Waals surface area contributed by atoms with Gasteiger partial charge < -0.3 is 10.1 Å². The lowest BCUT2D eigenvalue weighted by Gasteiger charge is -2.15. The maximum absolute atomic E-state index is 12.4. The highest BCUT2D eigenvalue weighted by Crippen LogP contribution is 2.31. The van der Waals surface area contributed by atoms with Crippen molar-refractivity contribution in [2.24, 2.45) is 0 Å². The average Bonchev–Trinajstić information content (AvgIpc) is 2.78. The van der Waals surface area contributed by atoms with Gasteiger partial charge in [0.05, 0.1) is 10.6 Å². The van der Waals surface area contributed by atoms with Crippen LogP contribution in [0, 0.1) is 0 Å². The van der Waals surface area contributed by atoms with Gasteiger partial charge in [-0.2, -0.15) is 8.78 Å². The van der Waals surface area contributed by atoms with Crippen LogP contribution in [0.15, 0.2) is 47.4 Å². The summed E-state index contributed by atoms with van der Waals surface area (Å²) in [6.07, 6.45) is 0. The molecule has 2 aromatic carbocycles. The van der Waals surface area contributed by atoms with Gasteiger partial charge >= 0.3 is 6.61 Å². The number of amides is 2. The number of fused-ring (bicyclic) bond motifs is 1. The highest BCUT2D eigenvalue weighted by molar-refractivity contribution is 7.90. The Morgan fingerprint density at radius 3 is 2.56 bits per heavy atom. The van der Waals surface area contributed by atoms with E-state index >= 15 is 0 Å². The first-order chi connectivity index (χ1) is 12.7. The zero-order valence-electron chi connectivity index (χ0n) is 13.4. The summed E-state index contributed by atoms with van der Waals surface area (Å²) < 4.78 is 53.9. The number of rotatable bonds is 5. The third-order valence-corrected chi connectivity index (χ3v) is 5.71. The van der Waals surface area contributed by atoms with Gasteiger partial charge in [0.2, 0.25) is 5.91 Å². The number of anilines is 1. The second kappa shape index (κ2) is 7.12. The highest BCUT2D eigenvalue weighted by Gasteiger charge is 2.41. The fourth-order valence-corrected chi connectivity index (χ4v) is 4.24. The zero-order chi connectivity index (χ0) is 19.8. The molecular formula is C16H11ClF2N2O5S. The Kier molecular flexibility index (Phi) is 5.03. The van der Waals surface area contributed by atoms with Crippen LogP contribution in [0.3, 0.4) is 0 Å². The molecule has 0 saturated heterocycles. The molecule has 0 saturated carbocycles. The minimum Gasteiger partial charge on any atom is -0.433 e. The van der Waals surface area contributed by atoms with Gasteiger partial charge in [-0.05, 0) is 30.3 Å². The van der Waals surface area contributed by atoms with E-state index in [9.17, 15) is 26.8 Å². The van der Waals surface area contributed by atoms with E-state index in [1.54, 1.807) is 0 Å². The van der Waals surface area contributed by atoms with E-state index in [0.717, 1.165) is 12.1 Å². The number of hydrogen-bond donors (Lipinski definition) is 1. The van der Waals surface area contributed by atoms with Crippen LogP contribution in [0.1, 0.15) is 10.4 Å². The number of sulfonamides is 1. The number of nitrogens with one attached hydrogen (secondary N) is 1. The average molecular weight is 417 g/mol. The molecule has 2 amide bonds. The maximum atomic E-state index is 12.4. The summed E-state index contributed by atoms with van der Waals surface area (Å²) in [5.74, 6) is -1.89. The van der Waals surface area contributed by atoms with Crippen LogP contribution in [0.2, 0.25) is 5.02 Å². The van der Waals surface area contributed by atoms with E-state index in [2.05, 4.69) is 10.1 Å². The molecule has 1 aliphatic rings. The van der Waals surface area contributed by atoms with Crippen molar-refractivity contribution in [1.29, 1.82) is 0 Å². The third kappa shape index (κ3) is 3.71. The number of ether oxygens (including phenoxy) is 1. The van der Waals surface area contributed by atoms with Crippen LogP contribution >= 0.6 is 11.6 Å². The van der Waals surface area contributed by atoms with Crippen LogP contribution in [-0.4, -0.2) is 37.7 Å². The fourth-order valence-electron chi connectivity index (χ4n) is 2.49. The van der Waals surface area contributed by atoms with E-state index in [0.29, 0.717) is 4.31 Å². The Morgan fingerprint density at radius 2 is 1.93 bits per heavy atom. The molecule has 27 heavy (non-hydrogen) atoms. The summed E-state index contributed by atoms with van der Waals surface area (Å²) in [5.41, 5.74) is 0.106. The normalized spacial score (nSPS) is 15.0. The summed E-state index contributed by atoms with van der Waals surface area (Å²) in [4.78, 5) is 24.3. The lowest BCUT2D eigenvalue weighted by Crippen LogP contribution is -2.37. The molecule has 3 rings (SSSR count). The summed E-state index contributed by atoms with van der Waals surface area (Å²) in [6, 6.07) is 9.15. The van der Waals surface area contributed by atoms with Crippen molar-refractivity contribution in [3.63, 3.8) is 0 Å². The topological polar surface area (TPSA) is 92.8 Å². The van der Waals surface area contributed by atoms with Crippen LogP contribution in [0.5, 0.6) is 5.75 Å². The van der Waals surface area contributed by atoms with Crippen molar-refractivity contribution in [2.45, 2.75) is 11.5 Å². The van der Waals surface area contributed by atoms with Crippen molar-refractivity contribution in [3.05, 3.63) is 53.1 Å². The molecule has 0 bridgehead atoms. The molecule has 0 unspecified atom stereocenters. The van der Waals surface area contributed by atoms with Crippen LogP contribution in [0.4, 0.5) is 14.5 Å². The molecule has 0 atom stereocenters. The summed E-state index contributed by atoms with van der Waals surface area (Å²) in [5, 5.41) is 2.17. The van der Waals surface area contributed by atoms with Crippen molar-refractivity contribution < 1.29 is 31.5 Å². The number of carbonyl (C=O) groups is 2. The predicted octanol–water partition coefficient (Wildman–Crippen LogP) is 2.72. The Morgan fingerprint density at radius 1 is 1.22 bits per heavy atom. The van der Waals surface area contributed by atoms with Crippen molar-refractivity contribution in [3.8, 4) is 5.75 Å². The summed E-state index contributed by atoms with van der Waals surface area (Å²) >= 11 is 5.79. The highest BCUT2D eigenvalue weighted by atomic mass is 35.5. The van der Waals surface area contributed by atoms with Gasteiger partial charge in [0, 0.05) is 5.69 Å². The fraction of sp³-hybridized carbons (Fsp3) is 0.125. The lowest BCUT2D eigenvalue weighted by molar-refractivity contribution is -0.116. The zero-order valence-corrected chi connectivity index (χ0v) is 14.9. The standard InChI is InChI=1S/C16H11ClF2N2O5S/c17-11-7-9(5-6-12(11)26-16(18)19)20-14(22)8-21-15(23)10-3-1-2-4-13(10)27(21,24)25/h1-7,16H,8H2,(H,20,22). The van der Waals surface area contributed by atoms with Gasteiger partial charge in [0.1, 0.15) is 17.2 Å². The second-order valence-electron chi connectivity index (χ2n) is 5.38. The third-order valence-electron chi connectivity index (χ3n) is 3.63. The first-order valence-corrected chi connectivity index (χ1v) is 9.22. The van der Waals surface area contributed by atoms with E-state index < -0.39 is 35.0 Å². The molecule has 11 heteroatoms. The maximum Gasteiger partial charge on any atom is 0.387 e. The minimum atomic E-state index is -4.12. The molecule has 7 nitrogen and oxygen atoms in total. The molecule has 1 aliphatic heterocycles. The molecule has 1 heterocycles. The van der Waals surface area contributed by atoms with Gasteiger partial charge in [-0.1, -0.05) is 23.7 Å². The molecular weight excluding hydrogens is 406 g/mol. The molecule has 0 fully saturated rings. The Hall–Kier alpha value is -2.72. The SMILES string of the molecule is O=C(CN1C(=O)c2ccccc2S1(=O)=O)Nc1ccc(OC(F)F)c(Cl)c1. The van der Waals surface area contributed by atoms with Gasteiger partial charge in [0.15, 0.2) is 0 Å². The smallest absolute Gasteiger partial charge is 0.387 e. The molecule has 2 aromatic rings. The van der Waals surface area contributed by atoms with Gasteiger partial charge in [0.25, 0.3) is 15.9 Å². The van der Waals surface area contributed by atoms with Crippen molar-refractivity contribution >= 4 is 39.1 Å². The second-order valence-corrected chi connectivity index (χ2v) is 7.62. The lowest BCUT2D eigenvalue weighted by atomic mass is 10.2. The predicted molar refractivity (Wildman–Crippen MR) is 91.4 cm³/mol. The minimum absolute atomic E-state index is 0.0122. The number of nitrogens with zero attached hydrogens (tertiary/aromatic N) is 1. The number of benzene rings is 2. The molecule has 142 valence electrons. The monoisotopic (exact) mass is 416 g/mol. The van der Waals surface area contributed by atoms with Gasteiger partial charge in [-0.15, -0.1) is 0 Å². The Labute approximate surface area is 157 Å². The molecule has 0 aromatic heterocycles.